The quantitative estimate of drug-likeness (QED) is 0.901. The van der Waals surface area contributed by atoms with E-state index in [2.05, 4.69) is 29.1 Å². The van der Waals surface area contributed by atoms with Crippen LogP contribution in [0.5, 0.6) is 0 Å². The Morgan fingerprint density at radius 3 is 3.05 bits per heavy atom. The highest BCUT2D eigenvalue weighted by molar-refractivity contribution is 7.07. The monoisotopic (exact) mass is 282 g/mol. The summed E-state index contributed by atoms with van der Waals surface area (Å²) in [6.45, 7) is 5.80. The number of rotatable bonds is 5. The van der Waals surface area contributed by atoms with Crippen LogP contribution in [0.2, 0.25) is 0 Å². The molecule has 2 heterocycles. The molecule has 1 aromatic heterocycles. The van der Waals surface area contributed by atoms with E-state index >= 15 is 0 Å². The number of hydrogen-bond donors (Lipinski definition) is 1. The van der Waals surface area contributed by atoms with Crippen molar-refractivity contribution in [3.05, 3.63) is 16.6 Å². The Labute approximate surface area is 118 Å². The fraction of sp³-hybridized carbons (Fsp3) is 0.714. The van der Waals surface area contributed by atoms with Crippen LogP contribution in [0.15, 0.2) is 10.9 Å². The van der Waals surface area contributed by atoms with Crippen molar-refractivity contribution < 1.29 is 9.90 Å². The Morgan fingerprint density at radius 2 is 2.47 bits per heavy atom. The second kappa shape index (κ2) is 6.01. The molecule has 1 aromatic rings. The van der Waals surface area contributed by atoms with Gasteiger partial charge in [0.05, 0.1) is 22.7 Å². The second-order valence-corrected chi connectivity index (χ2v) is 6.22. The van der Waals surface area contributed by atoms with E-state index in [4.69, 9.17) is 0 Å². The lowest BCUT2D eigenvalue weighted by atomic mass is 9.76. The molecule has 0 amide bonds. The van der Waals surface area contributed by atoms with E-state index in [0.717, 1.165) is 37.9 Å². The molecule has 19 heavy (non-hydrogen) atoms. The largest absolute Gasteiger partial charge is 0.481 e. The maximum Gasteiger partial charge on any atom is 0.310 e. The number of hydrogen-bond acceptors (Lipinski definition) is 4. The smallest absolute Gasteiger partial charge is 0.310 e. The third-order valence-electron chi connectivity index (χ3n) is 4.22. The molecule has 1 aliphatic rings. The Kier molecular flexibility index (Phi) is 4.58. The summed E-state index contributed by atoms with van der Waals surface area (Å²) in [6.07, 6.45) is 3.45. The van der Waals surface area contributed by atoms with Gasteiger partial charge in [-0.1, -0.05) is 13.3 Å². The predicted molar refractivity (Wildman–Crippen MR) is 76.3 cm³/mol. The summed E-state index contributed by atoms with van der Waals surface area (Å²) in [5.74, 6) is -0.635. The minimum atomic E-state index is -0.635. The highest BCUT2D eigenvalue weighted by atomic mass is 32.1. The van der Waals surface area contributed by atoms with Crippen molar-refractivity contribution in [2.24, 2.45) is 5.41 Å². The van der Waals surface area contributed by atoms with Gasteiger partial charge < -0.3 is 5.11 Å². The van der Waals surface area contributed by atoms with Gasteiger partial charge in [-0.3, -0.25) is 9.69 Å². The van der Waals surface area contributed by atoms with Gasteiger partial charge in [0.15, 0.2) is 0 Å². The molecule has 0 aliphatic carbocycles. The number of thiazole rings is 1. The lowest BCUT2D eigenvalue weighted by molar-refractivity contribution is -0.154. The van der Waals surface area contributed by atoms with Crippen LogP contribution in [-0.2, 0) is 4.79 Å². The standard InChI is InChI=1S/C14H22N2O2S/c1-3-5-14(13(17)18)6-4-7-16(9-14)11(2)12-8-19-10-15-12/h8,10-11H,3-7,9H2,1-2H3,(H,17,18). The van der Waals surface area contributed by atoms with Crippen LogP contribution in [-0.4, -0.2) is 34.0 Å². The first kappa shape index (κ1) is 14.5. The SMILES string of the molecule is CCCC1(C(=O)O)CCCN(C(C)c2cscn2)C1. The number of piperidine rings is 1. The predicted octanol–water partition coefficient (Wildman–Crippen LogP) is 3.17. The molecule has 1 N–H and O–H groups in total. The van der Waals surface area contributed by atoms with E-state index in [0.29, 0.717) is 6.54 Å². The minimum Gasteiger partial charge on any atom is -0.481 e. The molecule has 4 nitrogen and oxygen atoms in total. The first-order valence-electron chi connectivity index (χ1n) is 6.94. The second-order valence-electron chi connectivity index (χ2n) is 5.50. The maximum atomic E-state index is 11.7. The molecule has 1 aliphatic heterocycles. The molecular formula is C14H22N2O2S. The minimum absolute atomic E-state index is 0.210. The molecule has 0 radical (unpaired) electrons. The van der Waals surface area contributed by atoms with Crippen molar-refractivity contribution in [1.29, 1.82) is 0 Å². The van der Waals surface area contributed by atoms with Crippen molar-refractivity contribution in [1.82, 2.24) is 9.88 Å². The first-order valence-corrected chi connectivity index (χ1v) is 7.89. The maximum absolute atomic E-state index is 11.7. The molecule has 1 fully saturated rings. The molecule has 5 heteroatoms. The van der Waals surface area contributed by atoms with E-state index < -0.39 is 11.4 Å². The van der Waals surface area contributed by atoms with Gasteiger partial charge in [0, 0.05) is 11.9 Å². The van der Waals surface area contributed by atoms with E-state index in [1.165, 1.54) is 0 Å². The zero-order chi connectivity index (χ0) is 13.9. The summed E-state index contributed by atoms with van der Waals surface area (Å²) in [4.78, 5) is 18.3. The molecule has 1 saturated heterocycles. The summed E-state index contributed by atoms with van der Waals surface area (Å²) >= 11 is 1.59. The Hall–Kier alpha value is -0.940. The van der Waals surface area contributed by atoms with Crippen LogP contribution in [0.25, 0.3) is 0 Å². The van der Waals surface area contributed by atoms with E-state index in [9.17, 15) is 9.90 Å². The van der Waals surface area contributed by atoms with Gasteiger partial charge in [0.2, 0.25) is 0 Å². The average Bonchev–Trinajstić information content (AvgIpc) is 2.92. The number of aromatic nitrogens is 1. The van der Waals surface area contributed by atoms with Gasteiger partial charge >= 0.3 is 5.97 Å². The zero-order valence-corrected chi connectivity index (χ0v) is 12.4. The summed E-state index contributed by atoms with van der Waals surface area (Å²) in [5, 5.41) is 11.7. The molecule has 2 atom stereocenters. The van der Waals surface area contributed by atoms with Gasteiger partial charge in [0.25, 0.3) is 0 Å². The van der Waals surface area contributed by atoms with E-state index in [1.54, 1.807) is 11.3 Å². The molecule has 2 unspecified atom stereocenters. The number of carboxylic acids is 1. The van der Waals surface area contributed by atoms with Gasteiger partial charge in [-0.2, -0.15) is 0 Å². The van der Waals surface area contributed by atoms with Gasteiger partial charge in [-0.05, 0) is 32.7 Å². The third kappa shape index (κ3) is 2.98. The molecule has 2 rings (SSSR count). The summed E-state index contributed by atoms with van der Waals surface area (Å²) in [5.41, 5.74) is 2.34. The lowest BCUT2D eigenvalue weighted by Gasteiger charge is -2.42. The summed E-state index contributed by atoms with van der Waals surface area (Å²) in [6, 6.07) is 0.210. The topological polar surface area (TPSA) is 53.4 Å². The Bertz CT molecular complexity index is 417. The highest BCUT2D eigenvalue weighted by Gasteiger charge is 2.42. The first-order chi connectivity index (χ1) is 9.09. The van der Waals surface area contributed by atoms with E-state index in [1.807, 2.05) is 5.51 Å². The zero-order valence-electron chi connectivity index (χ0n) is 11.6. The molecule has 106 valence electrons. The van der Waals surface area contributed by atoms with Crippen LogP contribution in [0.3, 0.4) is 0 Å². The number of carboxylic acid groups (broad SMARTS) is 1. The fourth-order valence-corrected chi connectivity index (χ4v) is 3.72. The molecule has 0 aromatic carbocycles. The highest BCUT2D eigenvalue weighted by Crippen LogP contribution is 2.38. The normalized spacial score (nSPS) is 26.2. The summed E-state index contributed by atoms with van der Waals surface area (Å²) in [7, 11) is 0. The van der Waals surface area contributed by atoms with E-state index in [-0.39, 0.29) is 6.04 Å². The number of likely N-dealkylation sites (tertiary alicyclic amines) is 1. The van der Waals surface area contributed by atoms with Gasteiger partial charge in [-0.15, -0.1) is 11.3 Å². The average molecular weight is 282 g/mol. The van der Waals surface area contributed by atoms with Crippen LogP contribution < -0.4 is 0 Å². The van der Waals surface area contributed by atoms with Crippen LogP contribution in [0.1, 0.15) is 51.3 Å². The van der Waals surface area contributed by atoms with Crippen molar-refractivity contribution >= 4 is 17.3 Å². The lowest BCUT2D eigenvalue weighted by Crippen LogP contribution is -2.48. The van der Waals surface area contributed by atoms with Gasteiger partial charge in [0.1, 0.15) is 0 Å². The number of nitrogens with zero attached hydrogens (tertiary/aromatic N) is 2. The molecule has 0 bridgehead atoms. The number of aliphatic carboxylic acids is 1. The Morgan fingerprint density at radius 1 is 1.68 bits per heavy atom. The van der Waals surface area contributed by atoms with Crippen LogP contribution >= 0.6 is 11.3 Å². The van der Waals surface area contributed by atoms with Crippen LogP contribution in [0.4, 0.5) is 0 Å². The number of carbonyl (C=O) groups is 1. The van der Waals surface area contributed by atoms with Crippen molar-refractivity contribution in [3.63, 3.8) is 0 Å². The summed E-state index contributed by atoms with van der Waals surface area (Å²) < 4.78 is 0. The molecular weight excluding hydrogens is 260 g/mol. The Balaban J connectivity index is 2.13. The van der Waals surface area contributed by atoms with Gasteiger partial charge in [-0.25, -0.2) is 4.98 Å². The molecule has 0 saturated carbocycles. The fourth-order valence-electron chi connectivity index (χ4n) is 3.08. The van der Waals surface area contributed by atoms with Crippen LogP contribution in [0, 0.1) is 5.41 Å². The van der Waals surface area contributed by atoms with Crippen molar-refractivity contribution in [2.75, 3.05) is 13.1 Å². The molecule has 0 spiro atoms. The van der Waals surface area contributed by atoms with Crippen molar-refractivity contribution in [3.8, 4) is 0 Å². The third-order valence-corrected chi connectivity index (χ3v) is 4.82. The van der Waals surface area contributed by atoms with Crippen molar-refractivity contribution in [2.45, 2.75) is 45.6 Å².